The van der Waals surface area contributed by atoms with Crippen LogP contribution in [0.3, 0.4) is 0 Å². The summed E-state index contributed by atoms with van der Waals surface area (Å²) < 4.78 is 6.06. The first-order chi connectivity index (χ1) is 16.0. The van der Waals surface area contributed by atoms with E-state index in [1.54, 1.807) is 30.3 Å². The number of carbonyl (C=O) groups is 2. The fourth-order valence-corrected chi connectivity index (χ4v) is 4.38. The molecule has 2 amide bonds. The summed E-state index contributed by atoms with van der Waals surface area (Å²) >= 11 is 12.3. The monoisotopic (exact) mass is 494 g/mol. The second-order valence-corrected chi connectivity index (χ2v) is 9.23. The molecule has 166 valence electrons. The van der Waals surface area contributed by atoms with Crippen LogP contribution in [-0.4, -0.2) is 27.8 Å². The highest BCUT2D eigenvalue weighted by Gasteiger charge is 2.33. The van der Waals surface area contributed by atoms with Crippen molar-refractivity contribution in [3.8, 4) is 5.75 Å². The molecule has 1 aliphatic rings. The summed E-state index contributed by atoms with van der Waals surface area (Å²) in [4.78, 5) is 25.6. The Balaban J connectivity index is 1.35. The van der Waals surface area contributed by atoms with Gasteiger partial charge in [-0.2, -0.15) is 5.01 Å². The maximum Gasteiger partial charge on any atom is 0.285 e. The number of thiocarbonyl (C=S) groups is 1. The number of ether oxygens (including phenoxy) is 1. The van der Waals surface area contributed by atoms with Crippen molar-refractivity contribution in [3.05, 3.63) is 105 Å². The SMILES string of the molecule is O=C(NN1C(=O)/C(=C/c2ccc(OCCc3ccccc3)cc2)SC1=S)c1ccc(Cl)cc1. The van der Waals surface area contributed by atoms with Crippen molar-refractivity contribution in [1.82, 2.24) is 10.4 Å². The van der Waals surface area contributed by atoms with Crippen LogP contribution in [0.5, 0.6) is 5.75 Å². The lowest BCUT2D eigenvalue weighted by Crippen LogP contribution is -2.44. The maximum atomic E-state index is 12.8. The van der Waals surface area contributed by atoms with E-state index in [4.69, 9.17) is 28.6 Å². The van der Waals surface area contributed by atoms with Gasteiger partial charge in [0.1, 0.15) is 5.75 Å². The molecule has 0 bridgehead atoms. The van der Waals surface area contributed by atoms with E-state index >= 15 is 0 Å². The van der Waals surface area contributed by atoms with E-state index in [0.29, 0.717) is 22.1 Å². The molecule has 0 radical (unpaired) electrons. The molecule has 1 N–H and O–H groups in total. The smallest absolute Gasteiger partial charge is 0.285 e. The molecule has 1 heterocycles. The molecule has 0 aliphatic carbocycles. The van der Waals surface area contributed by atoms with Crippen molar-refractivity contribution in [2.45, 2.75) is 6.42 Å². The van der Waals surface area contributed by atoms with Crippen molar-refractivity contribution in [3.63, 3.8) is 0 Å². The predicted octanol–water partition coefficient (Wildman–Crippen LogP) is 5.51. The largest absolute Gasteiger partial charge is 0.493 e. The molecule has 0 aromatic heterocycles. The number of hydrazine groups is 1. The highest BCUT2D eigenvalue weighted by atomic mass is 35.5. The number of hydrogen-bond donors (Lipinski definition) is 1. The molecule has 0 unspecified atom stereocenters. The van der Waals surface area contributed by atoms with Crippen LogP contribution in [0, 0.1) is 0 Å². The van der Waals surface area contributed by atoms with Gasteiger partial charge in [-0.25, -0.2) is 0 Å². The minimum atomic E-state index is -0.443. The summed E-state index contributed by atoms with van der Waals surface area (Å²) in [7, 11) is 0. The molecule has 5 nitrogen and oxygen atoms in total. The molecule has 1 fully saturated rings. The summed E-state index contributed by atoms with van der Waals surface area (Å²) in [6, 6.07) is 24.0. The van der Waals surface area contributed by atoms with E-state index in [-0.39, 0.29) is 10.2 Å². The highest BCUT2D eigenvalue weighted by molar-refractivity contribution is 8.26. The van der Waals surface area contributed by atoms with E-state index in [9.17, 15) is 9.59 Å². The number of benzene rings is 3. The van der Waals surface area contributed by atoms with Crippen LogP contribution in [-0.2, 0) is 11.2 Å². The molecule has 1 aliphatic heterocycles. The van der Waals surface area contributed by atoms with Crippen LogP contribution in [0.4, 0.5) is 0 Å². The molecule has 3 aromatic carbocycles. The van der Waals surface area contributed by atoms with Gasteiger partial charge in [-0.05, 0) is 65.8 Å². The van der Waals surface area contributed by atoms with Crippen LogP contribution in [0.15, 0.2) is 83.8 Å². The lowest BCUT2D eigenvalue weighted by atomic mass is 10.2. The Bertz CT molecular complexity index is 1200. The Morgan fingerprint density at radius 2 is 1.73 bits per heavy atom. The third kappa shape index (κ3) is 6.01. The molecular formula is C25H19ClN2O3S2. The second kappa shape index (κ2) is 10.7. The Kier molecular flexibility index (Phi) is 7.44. The number of thioether (sulfide) groups is 1. The lowest BCUT2D eigenvalue weighted by Gasteiger charge is -2.15. The van der Waals surface area contributed by atoms with Gasteiger partial charge in [0.15, 0.2) is 4.32 Å². The van der Waals surface area contributed by atoms with Gasteiger partial charge in [-0.3, -0.25) is 15.0 Å². The molecular weight excluding hydrogens is 476 g/mol. The minimum Gasteiger partial charge on any atom is -0.493 e. The average molecular weight is 495 g/mol. The quantitative estimate of drug-likeness (QED) is 0.347. The zero-order valence-corrected chi connectivity index (χ0v) is 19.8. The Hall–Kier alpha value is -3.13. The normalized spacial score (nSPS) is 14.6. The average Bonchev–Trinajstić information content (AvgIpc) is 3.08. The Labute approximate surface area is 206 Å². The fourth-order valence-electron chi connectivity index (χ4n) is 3.07. The van der Waals surface area contributed by atoms with Crippen LogP contribution in [0.1, 0.15) is 21.5 Å². The molecule has 0 saturated carbocycles. The summed E-state index contributed by atoms with van der Waals surface area (Å²) in [5.41, 5.74) is 4.98. The van der Waals surface area contributed by atoms with Gasteiger partial charge in [0.2, 0.25) is 0 Å². The van der Waals surface area contributed by atoms with E-state index in [1.165, 1.54) is 5.56 Å². The van der Waals surface area contributed by atoms with Crippen LogP contribution < -0.4 is 10.2 Å². The predicted molar refractivity (Wildman–Crippen MR) is 136 cm³/mol. The second-order valence-electron chi connectivity index (χ2n) is 7.12. The van der Waals surface area contributed by atoms with Gasteiger partial charge in [0, 0.05) is 17.0 Å². The zero-order chi connectivity index (χ0) is 23.2. The van der Waals surface area contributed by atoms with E-state index in [0.717, 1.165) is 34.5 Å². The number of nitrogens with one attached hydrogen (secondary N) is 1. The van der Waals surface area contributed by atoms with Crippen LogP contribution in [0.2, 0.25) is 5.02 Å². The van der Waals surface area contributed by atoms with Crippen LogP contribution in [0.25, 0.3) is 6.08 Å². The van der Waals surface area contributed by atoms with E-state index < -0.39 is 5.91 Å². The third-order valence-corrected chi connectivity index (χ3v) is 6.35. The first-order valence-electron chi connectivity index (χ1n) is 10.1. The molecule has 0 spiro atoms. The first kappa shape index (κ1) is 23.0. The maximum absolute atomic E-state index is 12.8. The van der Waals surface area contributed by atoms with Crippen molar-refractivity contribution >= 4 is 57.8 Å². The number of amides is 2. The van der Waals surface area contributed by atoms with Crippen LogP contribution >= 0.6 is 35.6 Å². The summed E-state index contributed by atoms with van der Waals surface area (Å²) in [5, 5.41) is 1.61. The van der Waals surface area contributed by atoms with Crippen molar-refractivity contribution in [2.24, 2.45) is 0 Å². The number of rotatable bonds is 7. The van der Waals surface area contributed by atoms with Crippen molar-refractivity contribution < 1.29 is 14.3 Å². The molecule has 4 rings (SSSR count). The van der Waals surface area contributed by atoms with Crippen molar-refractivity contribution in [2.75, 3.05) is 6.61 Å². The van der Waals surface area contributed by atoms with E-state index in [2.05, 4.69) is 17.6 Å². The van der Waals surface area contributed by atoms with Gasteiger partial charge in [-0.15, -0.1) is 0 Å². The summed E-state index contributed by atoms with van der Waals surface area (Å²) in [5.74, 6) is -0.0671. The summed E-state index contributed by atoms with van der Waals surface area (Å²) in [6.07, 6.45) is 2.56. The zero-order valence-electron chi connectivity index (χ0n) is 17.4. The number of nitrogens with zero attached hydrogens (tertiary/aromatic N) is 1. The number of halogens is 1. The molecule has 8 heteroatoms. The standard InChI is InChI=1S/C25H19ClN2O3S2/c26-20-10-8-19(9-11-20)23(29)27-28-24(30)22(33-25(28)32)16-18-6-12-21(13-7-18)31-15-14-17-4-2-1-3-5-17/h1-13,16H,14-15H2,(H,27,29)/b22-16-. The summed E-state index contributed by atoms with van der Waals surface area (Å²) in [6.45, 7) is 0.579. The number of carbonyl (C=O) groups excluding carboxylic acids is 2. The lowest BCUT2D eigenvalue weighted by molar-refractivity contribution is -0.123. The first-order valence-corrected chi connectivity index (χ1v) is 11.7. The Morgan fingerprint density at radius 1 is 1.03 bits per heavy atom. The fraction of sp³-hybridized carbons (Fsp3) is 0.0800. The van der Waals surface area contributed by atoms with Gasteiger partial charge in [0.25, 0.3) is 11.8 Å². The minimum absolute atomic E-state index is 0.259. The third-order valence-electron chi connectivity index (χ3n) is 4.79. The molecule has 0 atom stereocenters. The number of hydrogen-bond acceptors (Lipinski definition) is 5. The van der Waals surface area contributed by atoms with Crippen molar-refractivity contribution in [1.29, 1.82) is 0 Å². The molecule has 33 heavy (non-hydrogen) atoms. The Morgan fingerprint density at radius 3 is 2.42 bits per heavy atom. The topological polar surface area (TPSA) is 58.6 Å². The van der Waals surface area contributed by atoms with E-state index in [1.807, 2.05) is 42.5 Å². The van der Waals surface area contributed by atoms with Gasteiger partial charge < -0.3 is 4.74 Å². The van der Waals surface area contributed by atoms with Gasteiger partial charge in [-0.1, -0.05) is 65.8 Å². The van der Waals surface area contributed by atoms with Gasteiger partial charge >= 0.3 is 0 Å². The highest BCUT2D eigenvalue weighted by Crippen LogP contribution is 2.31. The van der Waals surface area contributed by atoms with Gasteiger partial charge in [0.05, 0.1) is 11.5 Å². The molecule has 3 aromatic rings. The molecule has 1 saturated heterocycles.